The number of aliphatic hydroxyl groups excluding tert-OH is 1. The third kappa shape index (κ3) is 8.10. The van der Waals surface area contributed by atoms with Gasteiger partial charge in [-0.1, -0.05) is 97.5 Å². The van der Waals surface area contributed by atoms with Crippen molar-refractivity contribution in [1.29, 1.82) is 0 Å². The first-order valence-electron chi connectivity index (χ1n) is 16.7. The smallest absolute Gasteiger partial charge is 0.240 e. The van der Waals surface area contributed by atoms with E-state index in [1.54, 1.807) is 59.3 Å². The number of ether oxygens (including phenoxy) is 2. The molecular formula is C39H37N5O6S2. The zero-order chi connectivity index (χ0) is 36.1. The molecule has 6 aromatic rings. The van der Waals surface area contributed by atoms with Gasteiger partial charge in [-0.15, -0.1) is 5.10 Å². The maximum absolute atomic E-state index is 12.8. The first-order valence-corrected chi connectivity index (χ1v) is 19.2. The van der Waals surface area contributed by atoms with Crippen molar-refractivity contribution >= 4 is 21.8 Å². The van der Waals surface area contributed by atoms with E-state index < -0.39 is 16.3 Å². The molecule has 11 nitrogen and oxygen atoms in total. The van der Waals surface area contributed by atoms with Gasteiger partial charge in [-0.2, -0.15) is 4.68 Å². The molecule has 1 aromatic heterocycles. The van der Waals surface area contributed by atoms with Crippen LogP contribution in [0.25, 0.3) is 16.8 Å². The van der Waals surface area contributed by atoms with Crippen molar-refractivity contribution in [2.75, 3.05) is 5.75 Å². The average Bonchev–Trinajstić information content (AvgIpc) is 3.66. The quantitative estimate of drug-likeness (QED) is 0.118. The maximum Gasteiger partial charge on any atom is 0.240 e. The summed E-state index contributed by atoms with van der Waals surface area (Å²) in [7, 11) is -3.66. The van der Waals surface area contributed by atoms with Crippen molar-refractivity contribution in [2.24, 2.45) is 5.92 Å². The van der Waals surface area contributed by atoms with Gasteiger partial charge in [0.1, 0.15) is 5.75 Å². The van der Waals surface area contributed by atoms with E-state index >= 15 is 0 Å². The van der Waals surface area contributed by atoms with Crippen LogP contribution in [0.4, 0.5) is 0 Å². The summed E-state index contributed by atoms with van der Waals surface area (Å²) in [4.78, 5) is 0.218. The Balaban J connectivity index is 1.12. The van der Waals surface area contributed by atoms with Gasteiger partial charge in [-0.05, 0) is 86.8 Å². The van der Waals surface area contributed by atoms with Gasteiger partial charge in [0, 0.05) is 23.8 Å². The predicted molar refractivity (Wildman–Crippen MR) is 197 cm³/mol. The lowest BCUT2D eigenvalue weighted by Crippen LogP contribution is -2.38. The molecule has 3 N–H and O–H groups in total. The zero-order valence-corrected chi connectivity index (χ0v) is 29.8. The highest BCUT2D eigenvalue weighted by atomic mass is 32.2. The molecule has 0 amide bonds. The molecule has 266 valence electrons. The minimum atomic E-state index is -3.66. The Morgan fingerprint density at radius 3 is 2.29 bits per heavy atom. The summed E-state index contributed by atoms with van der Waals surface area (Å²) in [6, 6.07) is 38.5. The van der Waals surface area contributed by atoms with Crippen LogP contribution in [0.3, 0.4) is 0 Å². The van der Waals surface area contributed by atoms with E-state index in [-0.39, 0.29) is 41.9 Å². The molecule has 52 heavy (non-hydrogen) atoms. The Labute approximate surface area is 306 Å². The Morgan fingerprint density at radius 1 is 0.808 bits per heavy atom. The summed E-state index contributed by atoms with van der Waals surface area (Å²) in [6.07, 6.45) is -1.27. The third-order valence-corrected chi connectivity index (χ3v) is 11.4. The first kappa shape index (κ1) is 35.5. The fraction of sp³-hybridized carbons (Fsp3) is 0.205. The lowest BCUT2D eigenvalue weighted by molar-refractivity contribution is -0.268. The highest BCUT2D eigenvalue weighted by Gasteiger charge is 2.38. The van der Waals surface area contributed by atoms with Gasteiger partial charge < -0.3 is 19.7 Å². The molecule has 13 heteroatoms. The molecule has 0 unspecified atom stereocenters. The number of nitrogens with one attached hydrogen (secondary N) is 1. The van der Waals surface area contributed by atoms with Crippen LogP contribution in [0, 0.1) is 5.92 Å². The van der Waals surface area contributed by atoms with Gasteiger partial charge in [0.25, 0.3) is 0 Å². The van der Waals surface area contributed by atoms with Crippen LogP contribution < -0.4 is 4.72 Å². The second kappa shape index (κ2) is 15.8. The predicted octanol–water partition coefficient (Wildman–Crippen LogP) is 6.59. The van der Waals surface area contributed by atoms with Crippen LogP contribution in [0.2, 0.25) is 0 Å². The number of hydrogen-bond acceptors (Lipinski definition) is 10. The highest BCUT2D eigenvalue weighted by molar-refractivity contribution is 7.99. The molecule has 1 aliphatic rings. The number of aromatic nitrogens is 4. The molecule has 0 radical (unpaired) electrons. The summed E-state index contributed by atoms with van der Waals surface area (Å²) in [5, 5.41) is 32.3. The number of aliphatic hydroxyl groups is 1. The van der Waals surface area contributed by atoms with Gasteiger partial charge >= 0.3 is 0 Å². The fourth-order valence-corrected chi connectivity index (χ4v) is 8.17. The second-order valence-electron chi connectivity index (χ2n) is 12.5. The van der Waals surface area contributed by atoms with Gasteiger partial charge in [0.05, 0.1) is 29.4 Å². The van der Waals surface area contributed by atoms with Crippen molar-refractivity contribution in [3.8, 4) is 22.6 Å². The molecule has 0 saturated carbocycles. The number of sulfonamides is 1. The molecule has 2 heterocycles. The number of tetrazole rings is 1. The van der Waals surface area contributed by atoms with Crippen LogP contribution in [0.1, 0.15) is 41.6 Å². The van der Waals surface area contributed by atoms with Crippen LogP contribution in [-0.4, -0.2) is 50.7 Å². The van der Waals surface area contributed by atoms with Gasteiger partial charge in [-0.25, -0.2) is 13.1 Å². The van der Waals surface area contributed by atoms with Crippen LogP contribution in [-0.2, 0) is 32.6 Å². The third-order valence-electron chi connectivity index (χ3n) is 8.97. The number of phenolic OH excluding ortho intramolecular Hbond substituents is 1. The second-order valence-corrected chi connectivity index (χ2v) is 15.2. The monoisotopic (exact) mass is 735 g/mol. The minimum absolute atomic E-state index is 0.0466. The Morgan fingerprint density at radius 2 is 1.54 bits per heavy atom. The molecule has 1 fully saturated rings. The number of phenols is 1. The number of aromatic hydroxyl groups is 1. The number of thioether (sulfide) groups is 1. The van der Waals surface area contributed by atoms with Crippen molar-refractivity contribution in [2.45, 2.75) is 48.6 Å². The van der Waals surface area contributed by atoms with E-state index in [9.17, 15) is 18.6 Å². The number of rotatable bonds is 12. The molecule has 1 aliphatic heterocycles. The number of nitrogens with zero attached hydrogens (tertiary/aromatic N) is 4. The van der Waals surface area contributed by atoms with Gasteiger partial charge in [0.2, 0.25) is 15.2 Å². The average molecular weight is 736 g/mol. The van der Waals surface area contributed by atoms with E-state index in [0.717, 1.165) is 39.1 Å². The normalized spacial score (nSPS) is 19.0. The van der Waals surface area contributed by atoms with Gasteiger partial charge in [-0.3, -0.25) is 0 Å². The van der Waals surface area contributed by atoms with Gasteiger partial charge in [0.15, 0.2) is 6.29 Å². The van der Waals surface area contributed by atoms with E-state index in [2.05, 4.69) is 27.2 Å². The van der Waals surface area contributed by atoms with Crippen LogP contribution in [0.15, 0.2) is 137 Å². The molecule has 5 aromatic carbocycles. The highest BCUT2D eigenvalue weighted by Crippen LogP contribution is 2.43. The fourth-order valence-electron chi connectivity index (χ4n) is 6.08. The molecule has 0 bridgehead atoms. The SMILES string of the molecule is C[C@H]1[C@@H](CSc2nnnn2-c2ccc(O)cc2)O[C@@H](c2cccc(-c3cccc(CNS(=O)(=O)c4ccccc4)c3)c2)O[C@H]1c1ccc(CO)cc1. The largest absolute Gasteiger partial charge is 0.508 e. The first-order chi connectivity index (χ1) is 25.3. The Bertz CT molecular complexity index is 2220. The molecule has 0 spiro atoms. The van der Waals surface area contributed by atoms with Crippen molar-refractivity contribution in [1.82, 2.24) is 24.9 Å². The van der Waals surface area contributed by atoms with Crippen LogP contribution >= 0.6 is 11.8 Å². The van der Waals surface area contributed by atoms with Crippen molar-refractivity contribution < 1.29 is 28.1 Å². The topological polar surface area (TPSA) is 149 Å². The summed E-state index contributed by atoms with van der Waals surface area (Å²) < 4.78 is 43.4. The lowest BCUT2D eigenvalue weighted by atomic mass is 9.91. The van der Waals surface area contributed by atoms with E-state index in [0.29, 0.717) is 10.9 Å². The van der Waals surface area contributed by atoms with E-state index in [4.69, 9.17) is 9.47 Å². The Hall–Kier alpha value is -4.89. The molecule has 1 saturated heterocycles. The summed E-state index contributed by atoms with van der Waals surface area (Å²) in [5.41, 5.74) is 6.02. The number of hydrogen-bond donors (Lipinski definition) is 3. The minimum Gasteiger partial charge on any atom is -0.508 e. The van der Waals surface area contributed by atoms with E-state index in [1.165, 1.54) is 11.8 Å². The molecule has 0 aliphatic carbocycles. The maximum atomic E-state index is 12.8. The van der Waals surface area contributed by atoms with Crippen molar-refractivity contribution in [3.05, 3.63) is 150 Å². The van der Waals surface area contributed by atoms with Crippen LogP contribution in [0.5, 0.6) is 5.75 Å². The molecule has 7 rings (SSSR count). The summed E-state index contributed by atoms with van der Waals surface area (Å²) >= 11 is 1.47. The molecule has 4 atom stereocenters. The lowest BCUT2D eigenvalue weighted by Gasteiger charge is -2.41. The van der Waals surface area contributed by atoms with E-state index in [1.807, 2.05) is 72.8 Å². The standard InChI is InChI=1S/C39H37N5O6S2/c1-26-36(25-51-39-41-42-43-44(39)33-17-19-34(46)20-18-33)49-38(50-37(26)29-15-13-27(24-45)14-16-29)32-10-6-9-31(22-32)30-8-5-7-28(21-30)23-40-52(47,48)35-11-3-2-4-12-35/h2-22,26,36-38,40,45-46H,23-25H2,1H3/t26-,36+,37+,38+/m0/s1. The Kier molecular flexibility index (Phi) is 10.8. The summed E-state index contributed by atoms with van der Waals surface area (Å²) in [6.45, 7) is 2.20. The van der Waals surface area contributed by atoms with Crippen molar-refractivity contribution in [3.63, 3.8) is 0 Å². The summed E-state index contributed by atoms with van der Waals surface area (Å²) in [5.74, 6) is 0.634. The zero-order valence-electron chi connectivity index (χ0n) is 28.2. The molecular weight excluding hydrogens is 699 g/mol. The number of benzene rings is 5.